The minimum Gasteiger partial charge on any atom is -0.355 e. The van der Waals surface area contributed by atoms with Crippen molar-refractivity contribution in [2.75, 3.05) is 13.1 Å². The normalized spacial score (nSPS) is 26.5. The predicted molar refractivity (Wildman–Crippen MR) is 70.7 cm³/mol. The maximum atomic E-state index is 11.8. The van der Waals surface area contributed by atoms with Gasteiger partial charge in [-0.25, -0.2) is 0 Å². The summed E-state index contributed by atoms with van der Waals surface area (Å²) in [5.41, 5.74) is 5.79. The summed E-state index contributed by atoms with van der Waals surface area (Å²) in [6.45, 7) is 5.48. The standard InChI is InChI=1S/C13H27N3O/c1-3-8-15-13(17)10(2)16-12-7-5-4-6-11(12)9-14/h10-12,16H,3-9,14H2,1-2H3,(H,15,17). The molecule has 4 N–H and O–H groups in total. The minimum atomic E-state index is -0.112. The molecule has 1 fully saturated rings. The summed E-state index contributed by atoms with van der Waals surface area (Å²) in [7, 11) is 0. The molecular formula is C13H27N3O. The maximum Gasteiger partial charge on any atom is 0.236 e. The summed E-state index contributed by atoms with van der Waals surface area (Å²) in [6.07, 6.45) is 5.84. The molecule has 1 aliphatic rings. The van der Waals surface area contributed by atoms with Crippen LogP contribution in [0.3, 0.4) is 0 Å². The summed E-state index contributed by atoms with van der Waals surface area (Å²) in [5.74, 6) is 0.637. The monoisotopic (exact) mass is 241 g/mol. The van der Waals surface area contributed by atoms with Gasteiger partial charge in [0.2, 0.25) is 5.91 Å². The Morgan fingerprint density at radius 3 is 2.76 bits per heavy atom. The largest absolute Gasteiger partial charge is 0.355 e. The van der Waals surface area contributed by atoms with Crippen LogP contribution in [0.25, 0.3) is 0 Å². The molecule has 0 aromatic carbocycles. The van der Waals surface area contributed by atoms with Gasteiger partial charge in [0.1, 0.15) is 0 Å². The lowest BCUT2D eigenvalue weighted by Gasteiger charge is -2.33. The zero-order valence-electron chi connectivity index (χ0n) is 11.2. The lowest BCUT2D eigenvalue weighted by Crippen LogP contribution is -2.51. The Bertz CT molecular complexity index is 233. The number of amides is 1. The molecule has 100 valence electrons. The molecule has 3 unspecified atom stereocenters. The van der Waals surface area contributed by atoms with Crippen molar-refractivity contribution in [3.8, 4) is 0 Å². The molecule has 0 aliphatic heterocycles. The van der Waals surface area contributed by atoms with Crippen LogP contribution < -0.4 is 16.4 Å². The van der Waals surface area contributed by atoms with Crippen LogP contribution in [0.2, 0.25) is 0 Å². The number of nitrogens with two attached hydrogens (primary N) is 1. The van der Waals surface area contributed by atoms with Crippen LogP contribution >= 0.6 is 0 Å². The Labute approximate surface area is 105 Å². The average molecular weight is 241 g/mol. The van der Waals surface area contributed by atoms with Crippen LogP contribution in [0.15, 0.2) is 0 Å². The number of rotatable bonds is 6. The maximum absolute atomic E-state index is 11.8. The molecule has 1 amide bonds. The summed E-state index contributed by atoms with van der Waals surface area (Å²) in [6, 6.07) is 0.301. The highest BCUT2D eigenvalue weighted by Crippen LogP contribution is 2.23. The van der Waals surface area contributed by atoms with E-state index in [0.717, 1.165) is 25.9 Å². The predicted octanol–water partition coefficient (Wildman–Crippen LogP) is 1.01. The zero-order chi connectivity index (χ0) is 12.7. The number of nitrogens with one attached hydrogen (secondary N) is 2. The molecule has 4 nitrogen and oxygen atoms in total. The topological polar surface area (TPSA) is 67.2 Å². The number of hydrogen-bond donors (Lipinski definition) is 3. The highest BCUT2D eigenvalue weighted by molar-refractivity contribution is 5.81. The molecule has 0 spiro atoms. The molecule has 4 heteroatoms. The van der Waals surface area contributed by atoms with E-state index in [4.69, 9.17) is 5.73 Å². The summed E-state index contributed by atoms with van der Waals surface area (Å²) >= 11 is 0. The van der Waals surface area contributed by atoms with E-state index in [-0.39, 0.29) is 11.9 Å². The van der Waals surface area contributed by atoms with Crippen LogP contribution in [-0.4, -0.2) is 31.1 Å². The Kier molecular flexibility index (Phi) is 6.52. The van der Waals surface area contributed by atoms with Crippen molar-refractivity contribution in [2.45, 2.75) is 58.0 Å². The average Bonchev–Trinajstić information content (AvgIpc) is 2.36. The van der Waals surface area contributed by atoms with Gasteiger partial charge in [-0.1, -0.05) is 19.8 Å². The summed E-state index contributed by atoms with van der Waals surface area (Å²) in [4.78, 5) is 11.8. The molecule has 3 atom stereocenters. The highest BCUT2D eigenvalue weighted by Gasteiger charge is 2.26. The fourth-order valence-corrected chi connectivity index (χ4v) is 2.51. The fourth-order valence-electron chi connectivity index (χ4n) is 2.51. The van der Waals surface area contributed by atoms with E-state index in [1.165, 1.54) is 19.3 Å². The molecule has 1 rings (SSSR count). The second-order valence-electron chi connectivity index (χ2n) is 5.07. The van der Waals surface area contributed by atoms with Gasteiger partial charge < -0.3 is 16.4 Å². The Hall–Kier alpha value is -0.610. The third-order valence-electron chi connectivity index (χ3n) is 3.62. The van der Waals surface area contributed by atoms with Gasteiger partial charge in [-0.05, 0) is 38.6 Å². The Balaban J connectivity index is 2.37. The molecular weight excluding hydrogens is 214 g/mol. The van der Waals surface area contributed by atoms with Gasteiger partial charge >= 0.3 is 0 Å². The second kappa shape index (κ2) is 7.67. The van der Waals surface area contributed by atoms with Crippen LogP contribution in [0, 0.1) is 5.92 Å². The third kappa shape index (κ3) is 4.64. The quantitative estimate of drug-likeness (QED) is 0.650. The van der Waals surface area contributed by atoms with Gasteiger partial charge in [-0.3, -0.25) is 4.79 Å². The number of carbonyl (C=O) groups excluding carboxylic acids is 1. The lowest BCUT2D eigenvalue weighted by atomic mass is 9.84. The van der Waals surface area contributed by atoms with E-state index in [1.54, 1.807) is 0 Å². The molecule has 1 saturated carbocycles. The SMILES string of the molecule is CCCNC(=O)C(C)NC1CCCCC1CN. The summed E-state index contributed by atoms with van der Waals surface area (Å²) < 4.78 is 0. The van der Waals surface area contributed by atoms with Crippen molar-refractivity contribution in [3.63, 3.8) is 0 Å². The van der Waals surface area contributed by atoms with Crippen molar-refractivity contribution in [1.29, 1.82) is 0 Å². The third-order valence-corrected chi connectivity index (χ3v) is 3.62. The van der Waals surface area contributed by atoms with E-state index < -0.39 is 0 Å². The van der Waals surface area contributed by atoms with Gasteiger partial charge in [0, 0.05) is 12.6 Å². The smallest absolute Gasteiger partial charge is 0.236 e. The van der Waals surface area contributed by atoms with E-state index in [2.05, 4.69) is 17.6 Å². The molecule has 0 aromatic heterocycles. The Morgan fingerprint density at radius 1 is 1.41 bits per heavy atom. The van der Waals surface area contributed by atoms with E-state index in [1.807, 2.05) is 6.92 Å². The second-order valence-corrected chi connectivity index (χ2v) is 5.07. The highest BCUT2D eigenvalue weighted by atomic mass is 16.2. The van der Waals surface area contributed by atoms with Crippen LogP contribution in [0.1, 0.15) is 46.0 Å². The summed E-state index contributed by atoms with van der Waals surface area (Å²) in [5, 5.41) is 6.36. The molecule has 0 aromatic rings. The first-order valence-electron chi connectivity index (χ1n) is 6.92. The molecule has 17 heavy (non-hydrogen) atoms. The van der Waals surface area contributed by atoms with E-state index >= 15 is 0 Å². The first-order chi connectivity index (χ1) is 8.19. The van der Waals surface area contributed by atoms with E-state index in [9.17, 15) is 4.79 Å². The molecule has 0 saturated heterocycles. The van der Waals surface area contributed by atoms with Crippen LogP contribution in [-0.2, 0) is 4.79 Å². The Morgan fingerprint density at radius 2 is 2.12 bits per heavy atom. The van der Waals surface area contributed by atoms with Gasteiger partial charge in [0.15, 0.2) is 0 Å². The van der Waals surface area contributed by atoms with Crippen molar-refractivity contribution < 1.29 is 4.79 Å². The van der Waals surface area contributed by atoms with E-state index in [0.29, 0.717) is 12.0 Å². The lowest BCUT2D eigenvalue weighted by molar-refractivity contribution is -0.123. The molecule has 0 heterocycles. The molecule has 0 radical (unpaired) electrons. The minimum absolute atomic E-state index is 0.105. The zero-order valence-corrected chi connectivity index (χ0v) is 11.2. The molecule has 0 bridgehead atoms. The number of carbonyl (C=O) groups is 1. The van der Waals surface area contributed by atoms with Gasteiger partial charge in [-0.2, -0.15) is 0 Å². The van der Waals surface area contributed by atoms with Crippen molar-refractivity contribution in [1.82, 2.24) is 10.6 Å². The van der Waals surface area contributed by atoms with Gasteiger partial charge in [-0.15, -0.1) is 0 Å². The van der Waals surface area contributed by atoms with Crippen LogP contribution in [0.5, 0.6) is 0 Å². The van der Waals surface area contributed by atoms with Crippen molar-refractivity contribution in [3.05, 3.63) is 0 Å². The molecule has 1 aliphatic carbocycles. The van der Waals surface area contributed by atoms with Gasteiger partial charge in [0.25, 0.3) is 0 Å². The first kappa shape index (κ1) is 14.5. The van der Waals surface area contributed by atoms with Crippen molar-refractivity contribution in [2.24, 2.45) is 11.7 Å². The number of hydrogen-bond acceptors (Lipinski definition) is 3. The van der Waals surface area contributed by atoms with Crippen molar-refractivity contribution >= 4 is 5.91 Å². The van der Waals surface area contributed by atoms with Crippen LogP contribution in [0.4, 0.5) is 0 Å². The fraction of sp³-hybridized carbons (Fsp3) is 0.923. The first-order valence-corrected chi connectivity index (χ1v) is 6.92. The van der Waals surface area contributed by atoms with Gasteiger partial charge in [0.05, 0.1) is 6.04 Å².